The van der Waals surface area contributed by atoms with Gasteiger partial charge in [0, 0.05) is 19.5 Å². The van der Waals surface area contributed by atoms with Gasteiger partial charge in [-0.05, 0) is 13.8 Å². The van der Waals surface area contributed by atoms with Crippen molar-refractivity contribution in [2.24, 2.45) is 0 Å². The molecule has 0 saturated carbocycles. The van der Waals surface area contributed by atoms with Crippen molar-refractivity contribution in [3.63, 3.8) is 0 Å². The molecule has 0 rings (SSSR count). The normalized spacial score (nSPS) is 14.1. The summed E-state index contributed by atoms with van der Waals surface area (Å²) in [5.41, 5.74) is 0. The van der Waals surface area contributed by atoms with Crippen molar-refractivity contribution in [1.82, 2.24) is 0 Å². The van der Waals surface area contributed by atoms with Crippen LogP contribution in [0, 0.1) is 5.88 Å². The maximum atomic E-state index is 5.35. The van der Waals surface area contributed by atoms with E-state index in [1.165, 1.54) is 5.88 Å². The first kappa shape index (κ1) is 19.7. The second-order valence-corrected chi connectivity index (χ2v) is 44.6. The molecular weight excluding hydrogens is 501 g/mol. The van der Waals surface area contributed by atoms with Gasteiger partial charge in [-0.25, -0.2) is 0 Å². The van der Waals surface area contributed by atoms with Gasteiger partial charge in [0.05, 0.1) is 0 Å². The molecule has 0 bridgehead atoms. The first-order valence-corrected chi connectivity index (χ1v) is 22.4. The predicted molar refractivity (Wildman–Crippen MR) is 66.5 cm³/mol. The summed E-state index contributed by atoms with van der Waals surface area (Å²) < 4.78 is 10.0. The number of rotatable bonds is 5. The molecule has 0 unspecified atom stereocenters. The average molecular weight is 513 g/mol. The Hall–Kier alpha value is 2.35. The van der Waals surface area contributed by atoms with E-state index in [4.69, 9.17) is 68.2 Å². The first-order valence-electron chi connectivity index (χ1n) is 3.79. The first-order chi connectivity index (χ1) is 6.58. The van der Waals surface area contributed by atoms with Crippen LogP contribution in [0.1, 0.15) is 13.8 Å². The molecule has 0 aliphatic carbocycles. The maximum absolute atomic E-state index is 5.35. The molecule has 2 nitrogen and oxygen atoms in total. The third-order valence-electron chi connectivity index (χ3n) is 0.765. The SMILES string of the molecule is CCOC([CH-]Cl)OCC.[Cl][W]([Cl])([Cl])([Cl])[Cl]. The summed E-state index contributed by atoms with van der Waals surface area (Å²) in [7, 11) is 20.9. The fraction of sp³-hybridized carbons (Fsp3) is 0.833. The van der Waals surface area contributed by atoms with E-state index in [1.54, 1.807) is 0 Å². The quantitative estimate of drug-likeness (QED) is 0.371. The Morgan fingerprint density at radius 2 is 1.27 bits per heavy atom. The van der Waals surface area contributed by atoms with E-state index in [0.29, 0.717) is 13.2 Å². The second-order valence-electron chi connectivity index (χ2n) is 1.99. The molecule has 0 aliphatic heterocycles. The van der Waals surface area contributed by atoms with E-state index in [0.717, 1.165) is 0 Å². The molecule has 0 spiro atoms. The van der Waals surface area contributed by atoms with Gasteiger partial charge in [0.15, 0.2) is 0 Å². The number of halogens is 6. The summed E-state index contributed by atoms with van der Waals surface area (Å²) in [6.45, 7) is 5.03. The van der Waals surface area contributed by atoms with Crippen LogP contribution in [0.15, 0.2) is 0 Å². The van der Waals surface area contributed by atoms with Gasteiger partial charge in [0.1, 0.15) is 0 Å². The fourth-order valence-corrected chi connectivity index (χ4v) is 0.595. The summed E-state index contributed by atoms with van der Waals surface area (Å²) in [5, 5.41) is 0. The molecule has 0 fully saturated rings. The van der Waals surface area contributed by atoms with Crippen molar-refractivity contribution < 1.29 is 19.1 Å². The van der Waals surface area contributed by atoms with Crippen LogP contribution in [-0.4, -0.2) is 19.5 Å². The average Bonchev–Trinajstić information content (AvgIpc) is 1.99. The summed E-state index contributed by atoms with van der Waals surface area (Å²) in [6, 6.07) is 0. The molecule has 15 heavy (non-hydrogen) atoms. The molecular formula is C6H12Cl6O2W-. The Morgan fingerprint density at radius 1 is 1.00 bits per heavy atom. The Bertz CT molecular complexity index is 136. The van der Waals surface area contributed by atoms with E-state index < -0.39 is 9.60 Å². The van der Waals surface area contributed by atoms with Crippen LogP contribution < -0.4 is 0 Å². The van der Waals surface area contributed by atoms with Crippen molar-refractivity contribution in [2.75, 3.05) is 13.2 Å². The molecule has 0 radical (unpaired) electrons. The zero-order valence-electron chi connectivity index (χ0n) is 8.06. The molecule has 0 heterocycles. The van der Waals surface area contributed by atoms with E-state index in [1.807, 2.05) is 13.8 Å². The van der Waals surface area contributed by atoms with Gasteiger partial charge in [-0.2, -0.15) is 5.88 Å². The van der Waals surface area contributed by atoms with Crippen LogP contribution in [0.25, 0.3) is 0 Å². The number of ether oxygens (including phenoxy) is 2. The molecule has 0 amide bonds. The number of hydrogen-bond donors (Lipinski definition) is 0. The topological polar surface area (TPSA) is 18.5 Å². The Labute approximate surface area is 116 Å². The Morgan fingerprint density at radius 3 is 1.40 bits per heavy atom. The Balaban J connectivity index is 0. The predicted octanol–water partition coefficient (Wildman–Crippen LogP) is 5.23. The third kappa shape index (κ3) is 31.4. The van der Waals surface area contributed by atoms with Crippen LogP contribution in [0.4, 0.5) is 0 Å². The van der Waals surface area contributed by atoms with Gasteiger partial charge in [-0.3, -0.25) is 0 Å². The van der Waals surface area contributed by atoms with Crippen LogP contribution in [0.2, 0.25) is 0 Å². The van der Waals surface area contributed by atoms with Crippen molar-refractivity contribution in [2.45, 2.75) is 20.1 Å². The summed E-state index contributed by atoms with van der Waals surface area (Å²) >= 11 is 5.35. The molecule has 0 atom stereocenters. The van der Waals surface area contributed by atoms with Gasteiger partial charge in [-0.15, -0.1) is 0 Å². The standard InChI is InChI=1S/C6H12ClO2.5ClH.W/c1-3-8-6(5-7)9-4-2;;;;;;/h5-6H,3-4H2,1-2H3;5*1H;/q-1;;;;;;+5/p-5. The monoisotopic (exact) mass is 510 g/mol. The molecule has 0 N–H and O–H groups in total. The van der Waals surface area contributed by atoms with Crippen molar-refractivity contribution in [3.8, 4) is 0 Å². The zero-order valence-corrected chi connectivity index (χ0v) is 15.5. The molecule has 0 aliphatic rings. The van der Waals surface area contributed by atoms with E-state index in [9.17, 15) is 0 Å². The molecule has 9 heteroatoms. The molecule has 0 saturated heterocycles. The van der Waals surface area contributed by atoms with Gasteiger partial charge in [0.25, 0.3) is 0 Å². The van der Waals surface area contributed by atoms with E-state index in [-0.39, 0.29) is 6.29 Å². The van der Waals surface area contributed by atoms with Crippen molar-refractivity contribution in [3.05, 3.63) is 5.88 Å². The van der Waals surface area contributed by atoms with Crippen LogP contribution in [-0.2, 0) is 19.1 Å². The molecule has 0 aromatic carbocycles. The van der Waals surface area contributed by atoms with Crippen LogP contribution in [0.5, 0.6) is 0 Å². The Kier molecular flexibility index (Phi) is 12.2. The fourth-order valence-electron chi connectivity index (χ4n) is 0.449. The van der Waals surface area contributed by atoms with Gasteiger partial charge in [-0.1, -0.05) is 0 Å². The van der Waals surface area contributed by atoms with E-state index >= 15 is 0 Å². The van der Waals surface area contributed by atoms with Gasteiger partial charge >= 0.3 is 56.7 Å². The van der Waals surface area contributed by atoms with Crippen LogP contribution in [0.3, 0.4) is 0 Å². The summed E-state index contributed by atoms with van der Waals surface area (Å²) in [5.74, 6) is 1.37. The minimum absolute atomic E-state index is 0.346. The van der Waals surface area contributed by atoms with Crippen molar-refractivity contribution in [1.29, 1.82) is 0 Å². The molecule has 0 aromatic heterocycles. The molecule has 97 valence electrons. The van der Waals surface area contributed by atoms with Gasteiger partial charge < -0.3 is 21.1 Å². The second kappa shape index (κ2) is 9.30. The number of hydrogen-bond acceptors (Lipinski definition) is 2. The summed E-state index contributed by atoms with van der Waals surface area (Å²) in [6.07, 6.45) is -0.346. The minimum atomic E-state index is -4.39. The summed E-state index contributed by atoms with van der Waals surface area (Å²) in [4.78, 5) is 0. The van der Waals surface area contributed by atoms with Crippen LogP contribution >= 0.6 is 58.7 Å². The third-order valence-corrected chi connectivity index (χ3v) is 0.970. The van der Waals surface area contributed by atoms with Gasteiger partial charge in [0.2, 0.25) is 0 Å². The zero-order chi connectivity index (χ0) is 12.6. The van der Waals surface area contributed by atoms with Crippen molar-refractivity contribution >= 4 is 58.7 Å². The van der Waals surface area contributed by atoms with E-state index in [2.05, 4.69) is 0 Å². The molecule has 0 aromatic rings.